The molecule has 0 atom stereocenters. The molecular formula is C18H14Cl2N2O2. The van der Waals surface area contributed by atoms with Crippen molar-refractivity contribution in [3.05, 3.63) is 80.8 Å². The maximum atomic E-state index is 12.8. The Hall–Kier alpha value is -2.30. The van der Waals surface area contributed by atoms with Crippen LogP contribution in [0.4, 0.5) is 0 Å². The fourth-order valence-corrected chi connectivity index (χ4v) is 2.81. The van der Waals surface area contributed by atoms with Crippen LogP contribution in [-0.2, 0) is 6.54 Å². The van der Waals surface area contributed by atoms with Crippen molar-refractivity contribution in [3.8, 4) is 17.0 Å². The van der Waals surface area contributed by atoms with E-state index in [9.17, 15) is 4.79 Å². The molecule has 24 heavy (non-hydrogen) atoms. The topological polar surface area (TPSA) is 44.1 Å². The molecule has 0 bridgehead atoms. The standard InChI is InChI=1S/C18H14Cl2N2O2/c1-24-13-8-6-12(7-9-13)10-22-11-16(20)21-17(18(22)23)14-4-2-3-5-15(14)19/h2-9,11H,10H2,1H3. The summed E-state index contributed by atoms with van der Waals surface area (Å²) in [5.74, 6) is 0.760. The van der Waals surface area contributed by atoms with E-state index in [1.807, 2.05) is 24.3 Å². The fraction of sp³-hybridized carbons (Fsp3) is 0.111. The molecule has 0 aliphatic rings. The molecule has 2 aromatic carbocycles. The lowest BCUT2D eigenvalue weighted by Crippen LogP contribution is -2.23. The Kier molecular flexibility index (Phi) is 4.88. The van der Waals surface area contributed by atoms with Gasteiger partial charge in [0.05, 0.1) is 18.7 Å². The lowest BCUT2D eigenvalue weighted by Gasteiger charge is -2.10. The average Bonchev–Trinajstić information content (AvgIpc) is 2.59. The van der Waals surface area contributed by atoms with E-state index < -0.39 is 0 Å². The number of ether oxygens (including phenoxy) is 1. The average molecular weight is 361 g/mol. The van der Waals surface area contributed by atoms with Gasteiger partial charge < -0.3 is 9.30 Å². The first-order chi connectivity index (χ1) is 11.6. The van der Waals surface area contributed by atoms with Crippen molar-refractivity contribution in [1.82, 2.24) is 9.55 Å². The third-order valence-corrected chi connectivity index (χ3v) is 4.10. The molecule has 0 N–H and O–H groups in total. The molecule has 3 aromatic rings. The first-order valence-corrected chi connectivity index (χ1v) is 7.99. The minimum atomic E-state index is -0.247. The van der Waals surface area contributed by atoms with Gasteiger partial charge in [-0.1, -0.05) is 53.5 Å². The summed E-state index contributed by atoms with van der Waals surface area (Å²) in [6, 6.07) is 14.6. The first kappa shape index (κ1) is 16.6. The van der Waals surface area contributed by atoms with Crippen LogP contribution >= 0.6 is 23.2 Å². The second kappa shape index (κ2) is 7.07. The van der Waals surface area contributed by atoms with E-state index in [1.54, 1.807) is 31.4 Å². The van der Waals surface area contributed by atoms with E-state index in [0.29, 0.717) is 17.1 Å². The highest BCUT2D eigenvalue weighted by molar-refractivity contribution is 6.33. The Morgan fingerprint density at radius 1 is 1.08 bits per heavy atom. The monoisotopic (exact) mass is 360 g/mol. The van der Waals surface area contributed by atoms with Gasteiger partial charge in [0, 0.05) is 11.8 Å². The Morgan fingerprint density at radius 2 is 1.79 bits per heavy atom. The van der Waals surface area contributed by atoms with Gasteiger partial charge in [-0.2, -0.15) is 0 Å². The van der Waals surface area contributed by atoms with Gasteiger partial charge in [-0.25, -0.2) is 4.98 Å². The maximum absolute atomic E-state index is 12.8. The molecule has 0 saturated heterocycles. The van der Waals surface area contributed by atoms with Gasteiger partial charge in [0.2, 0.25) is 0 Å². The molecule has 0 saturated carbocycles. The summed E-state index contributed by atoms with van der Waals surface area (Å²) >= 11 is 12.3. The summed E-state index contributed by atoms with van der Waals surface area (Å²) < 4.78 is 6.66. The first-order valence-electron chi connectivity index (χ1n) is 7.23. The largest absolute Gasteiger partial charge is 0.497 e. The van der Waals surface area contributed by atoms with E-state index in [4.69, 9.17) is 27.9 Å². The number of rotatable bonds is 4. The van der Waals surface area contributed by atoms with E-state index in [0.717, 1.165) is 11.3 Å². The number of benzene rings is 2. The summed E-state index contributed by atoms with van der Waals surface area (Å²) in [5.41, 5.74) is 1.50. The second-order valence-corrected chi connectivity index (χ2v) is 5.97. The Morgan fingerprint density at radius 3 is 2.46 bits per heavy atom. The third kappa shape index (κ3) is 3.45. The minimum absolute atomic E-state index is 0.234. The highest BCUT2D eigenvalue weighted by Crippen LogP contribution is 2.24. The van der Waals surface area contributed by atoms with Gasteiger partial charge in [-0.05, 0) is 23.8 Å². The van der Waals surface area contributed by atoms with Crippen LogP contribution in [0, 0.1) is 0 Å². The van der Waals surface area contributed by atoms with Crippen molar-refractivity contribution < 1.29 is 4.74 Å². The number of methoxy groups -OCH3 is 1. The Balaban J connectivity index is 2.03. The van der Waals surface area contributed by atoms with Gasteiger partial charge in [-0.3, -0.25) is 4.79 Å². The van der Waals surface area contributed by atoms with Gasteiger partial charge >= 0.3 is 0 Å². The smallest absolute Gasteiger partial charge is 0.277 e. The SMILES string of the molecule is COc1ccc(Cn2cc(Cl)nc(-c3ccccc3Cl)c2=O)cc1. The van der Waals surface area contributed by atoms with Crippen LogP contribution in [-0.4, -0.2) is 16.7 Å². The summed E-state index contributed by atoms with van der Waals surface area (Å²) in [6.45, 7) is 0.378. The molecular weight excluding hydrogens is 347 g/mol. The highest BCUT2D eigenvalue weighted by Gasteiger charge is 2.13. The summed E-state index contributed by atoms with van der Waals surface area (Å²) in [5, 5.41) is 0.693. The highest BCUT2D eigenvalue weighted by atomic mass is 35.5. The molecule has 1 aromatic heterocycles. The summed E-state index contributed by atoms with van der Waals surface area (Å²) in [6.07, 6.45) is 1.52. The Labute approximate surface area is 149 Å². The van der Waals surface area contributed by atoms with E-state index >= 15 is 0 Å². The van der Waals surface area contributed by atoms with Crippen molar-refractivity contribution in [2.75, 3.05) is 7.11 Å². The van der Waals surface area contributed by atoms with Crippen molar-refractivity contribution in [2.24, 2.45) is 0 Å². The normalized spacial score (nSPS) is 10.6. The quantitative estimate of drug-likeness (QED) is 0.697. The number of hydrogen-bond donors (Lipinski definition) is 0. The van der Waals surface area contributed by atoms with Crippen LogP contribution in [0.25, 0.3) is 11.3 Å². The fourth-order valence-electron chi connectivity index (χ4n) is 2.38. The van der Waals surface area contributed by atoms with Gasteiger partial charge in [0.15, 0.2) is 0 Å². The van der Waals surface area contributed by atoms with Gasteiger partial charge in [0.25, 0.3) is 5.56 Å². The minimum Gasteiger partial charge on any atom is -0.497 e. The van der Waals surface area contributed by atoms with Crippen LogP contribution in [0.5, 0.6) is 5.75 Å². The van der Waals surface area contributed by atoms with Crippen LogP contribution < -0.4 is 10.3 Å². The van der Waals surface area contributed by atoms with E-state index in [2.05, 4.69) is 4.98 Å². The molecule has 4 nitrogen and oxygen atoms in total. The molecule has 0 amide bonds. The zero-order chi connectivity index (χ0) is 17.1. The lowest BCUT2D eigenvalue weighted by atomic mass is 10.1. The lowest BCUT2D eigenvalue weighted by molar-refractivity contribution is 0.414. The summed E-state index contributed by atoms with van der Waals surface area (Å²) in [4.78, 5) is 16.9. The van der Waals surface area contributed by atoms with Crippen LogP contribution in [0.15, 0.2) is 59.5 Å². The van der Waals surface area contributed by atoms with Crippen molar-refractivity contribution in [3.63, 3.8) is 0 Å². The van der Waals surface area contributed by atoms with Crippen molar-refractivity contribution in [2.45, 2.75) is 6.54 Å². The van der Waals surface area contributed by atoms with Crippen LogP contribution in [0.3, 0.4) is 0 Å². The molecule has 0 radical (unpaired) electrons. The zero-order valence-corrected chi connectivity index (χ0v) is 14.4. The predicted molar refractivity (Wildman–Crippen MR) is 96.0 cm³/mol. The van der Waals surface area contributed by atoms with Gasteiger partial charge in [-0.15, -0.1) is 0 Å². The number of halogens is 2. The molecule has 0 unspecified atom stereocenters. The molecule has 0 spiro atoms. The summed E-state index contributed by atoms with van der Waals surface area (Å²) in [7, 11) is 1.61. The van der Waals surface area contributed by atoms with Crippen molar-refractivity contribution in [1.29, 1.82) is 0 Å². The molecule has 122 valence electrons. The number of aromatic nitrogens is 2. The second-order valence-electron chi connectivity index (χ2n) is 5.17. The predicted octanol–water partition coefficient (Wildman–Crippen LogP) is 4.27. The third-order valence-electron chi connectivity index (χ3n) is 3.59. The number of nitrogens with zero attached hydrogens (tertiary/aromatic N) is 2. The Bertz CT molecular complexity index is 921. The molecule has 6 heteroatoms. The van der Waals surface area contributed by atoms with E-state index in [-0.39, 0.29) is 16.4 Å². The zero-order valence-electron chi connectivity index (χ0n) is 12.9. The maximum Gasteiger partial charge on any atom is 0.277 e. The molecule has 1 heterocycles. The van der Waals surface area contributed by atoms with Crippen LogP contribution in [0.2, 0.25) is 10.2 Å². The molecule has 0 fully saturated rings. The van der Waals surface area contributed by atoms with Gasteiger partial charge in [0.1, 0.15) is 16.6 Å². The van der Waals surface area contributed by atoms with E-state index in [1.165, 1.54) is 10.8 Å². The molecule has 3 rings (SSSR count). The number of hydrogen-bond acceptors (Lipinski definition) is 3. The van der Waals surface area contributed by atoms with Crippen molar-refractivity contribution >= 4 is 23.2 Å². The molecule has 0 aliphatic heterocycles. The van der Waals surface area contributed by atoms with Crippen LogP contribution in [0.1, 0.15) is 5.56 Å². The molecule has 0 aliphatic carbocycles.